The van der Waals surface area contributed by atoms with Crippen LogP contribution in [0, 0.1) is 5.41 Å². The van der Waals surface area contributed by atoms with E-state index in [9.17, 15) is 8.42 Å². The highest BCUT2D eigenvalue weighted by Crippen LogP contribution is 2.44. The Morgan fingerprint density at radius 3 is 2.62 bits per heavy atom. The minimum absolute atomic E-state index is 0.0698. The van der Waals surface area contributed by atoms with E-state index >= 15 is 0 Å². The number of sulfonamides is 1. The van der Waals surface area contributed by atoms with Crippen LogP contribution in [0.25, 0.3) is 0 Å². The van der Waals surface area contributed by atoms with E-state index in [1.807, 2.05) is 24.3 Å². The number of nitrogens with one attached hydrogen (secondary N) is 2. The molecule has 0 heterocycles. The van der Waals surface area contributed by atoms with Crippen LogP contribution < -0.4 is 10.0 Å². The first kappa shape index (κ1) is 15.0. The fraction of sp³-hybridized carbons (Fsp3) is 0.625. The summed E-state index contributed by atoms with van der Waals surface area (Å²) in [5.41, 5.74) is 2.21. The van der Waals surface area contributed by atoms with Crippen molar-refractivity contribution < 1.29 is 8.42 Å². The Morgan fingerprint density at radius 1 is 1.24 bits per heavy atom. The highest BCUT2D eigenvalue weighted by Gasteiger charge is 2.37. The van der Waals surface area contributed by atoms with E-state index < -0.39 is 10.0 Å². The summed E-state index contributed by atoms with van der Waals surface area (Å²) in [6, 6.07) is 8.53. The summed E-state index contributed by atoms with van der Waals surface area (Å²) in [5.74, 6) is 0.0698. The van der Waals surface area contributed by atoms with Gasteiger partial charge in [-0.1, -0.05) is 31.2 Å². The zero-order valence-electron chi connectivity index (χ0n) is 12.6. The lowest BCUT2D eigenvalue weighted by Crippen LogP contribution is -2.30. The molecule has 4 nitrogen and oxygen atoms in total. The Labute approximate surface area is 127 Å². The average Bonchev–Trinajstić information content (AvgIpc) is 3.32. The summed E-state index contributed by atoms with van der Waals surface area (Å²) in [7, 11) is -3.23. The molecule has 0 bridgehead atoms. The molecule has 2 N–H and O–H groups in total. The summed E-state index contributed by atoms with van der Waals surface area (Å²) >= 11 is 0. The minimum Gasteiger partial charge on any atom is -0.310 e. The van der Waals surface area contributed by atoms with Gasteiger partial charge in [0.05, 0.1) is 5.75 Å². The van der Waals surface area contributed by atoms with Crippen molar-refractivity contribution in [2.24, 2.45) is 5.41 Å². The van der Waals surface area contributed by atoms with Crippen LogP contribution >= 0.6 is 0 Å². The molecule has 0 atom stereocenters. The van der Waals surface area contributed by atoms with E-state index in [2.05, 4.69) is 17.0 Å². The van der Waals surface area contributed by atoms with Crippen molar-refractivity contribution in [3.8, 4) is 0 Å². The van der Waals surface area contributed by atoms with Crippen molar-refractivity contribution in [2.75, 3.05) is 6.54 Å². The van der Waals surface area contributed by atoms with Gasteiger partial charge in [0.25, 0.3) is 0 Å². The van der Waals surface area contributed by atoms with E-state index in [0.717, 1.165) is 30.5 Å². The molecule has 21 heavy (non-hydrogen) atoms. The minimum atomic E-state index is -3.23. The molecule has 3 rings (SSSR count). The summed E-state index contributed by atoms with van der Waals surface area (Å²) in [4.78, 5) is 0. The van der Waals surface area contributed by atoms with Crippen LogP contribution in [0.15, 0.2) is 24.3 Å². The van der Waals surface area contributed by atoms with Crippen molar-refractivity contribution in [1.82, 2.24) is 10.0 Å². The van der Waals surface area contributed by atoms with Crippen LogP contribution in [0.5, 0.6) is 0 Å². The van der Waals surface area contributed by atoms with Crippen LogP contribution in [-0.4, -0.2) is 21.0 Å². The zero-order valence-corrected chi connectivity index (χ0v) is 13.4. The molecule has 2 saturated carbocycles. The Balaban J connectivity index is 1.56. The fourth-order valence-electron chi connectivity index (χ4n) is 2.32. The molecule has 0 radical (unpaired) electrons. The van der Waals surface area contributed by atoms with Gasteiger partial charge in [0.1, 0.15) is 0 Å². The maximum Gasteiger partial charge on any atom is 0.215 e. The van der Waals surface area contributed by atoms with Crippen molar-refractivity contribution >= 4 is 10.0 Å². The molecule has 116 valence electrons. The van der Waals surface area contributed by atoms with Crippen LogP contribution in [-0.2, 0) is 22.3 Å². The highest BCUT2D eigenvalue weighted by atomic mass is 32.2. The molecule has 0 amide bonds. The monoisotopic (exact) mass is 308 g/mol. The molecular formula is C16H24N2O2S. The summed E-state index contributed by atoms with van der Waals surface area (Å²) in [5, 5.41) is 3.45. The standard InChI is InChI=1S/C16H24N2O2S/c1-16(7-8-16)12-18-21(19,20)11-14-4-2-3-13(9-14)10-17-15-5-6-15/h2-4,9,15,17-18H,5-8,10-12H2,1H3. The first-order valence-electron chi connectivity index (χ1n) is 7.73. The Morgan fingerprint density at radius 2 is 1.95 bits per heavy atom. The van der Waals surface area contributed by atoms with E-state index in [4.69, 9.17) is 0 Å². The second kappa shape index (κ2) is 5.71. The molecule has 5 heteroatoms. The van der Waals surface area contributed by atoms with E-state index in [1.54, 1.807) is 0 Å². The Bertz CT molecular complexity index is 604. The molecular weight excluding hydrogens is 284 g/mol. The molecule has 0 aromatic heterocycles. The molecule has 0 saturated heterocycles. The van der Waals surface area contributed by atoms with Gasteiger partial charge in [-0.15, -0.1) is 0 Å². The van der Waals surface area contributed by atoms with Crippen LogP contribution in [0.4, 0.5) is 0 Å². The zero-order chi connectivity index (χ0) is 14.9. The van der Waals surface area contributed by atoms with Crippen LogP contribution in [0.2, 0.25) is 0 Å². The quantitative estimate of drug-likeness (QED) is 0.774. The summed E-state index contributed by atoms with van der Waals surface area (Å²) < 4.78 is 27.0. The van der Waals surface area contributed by atoms with Gasteiger partial charge in [-0.25, -0.2) is 13.1 Å². The number of benzene rings is 1. The number of rotatable bonds is 8. The second-order valence-corrected chi connectivity index (χ2v) is 8.67. The second-order valence-electron chi connectivity index (χ2n) is 6.87. The van der Waals surface area contributed by atoms with Gasteiger partial charge in [-0.05, 0) is 42.2 Å². The lowest BCUT2D eigenvalue weighted by atomic mass is 10.1. The Hall–Kier alpha value is -0.910. The SMILES string of the molecule is CC1(CNS(=O)(=O)Cc2cccc(CNC3CC3)c2)CC1. The van der Waals surface area contributed by atoms with Gasteiger partial charge in [0.15, 0.2) is 0 Å². The van der Waals surface area contributed by atoms with Gasteiger partial charge in [-0.2, -0.15) is 0 Å². The van der Waals surface area contributed by atoms with E-state index in [1.165, 1.54) is 12.8 Å². The average molecular weight is 308 g/mol. The Kier molecular flexibility index (Phi) is 4.08. The molecule has 2 aliphatic carbocycles. The maximum absolute atomic E-state index is 12.1. The van der Waals surface area contributed by atoms with Crippen molar-refractivity contribution in [3.05, 3.63) is 35.4 Å². The lowest BCUT2D eigenvalue weighted by molar-refractivity contribution is 0.530. The summed E-state index contributed by atoms with van der Waals surface area (Å²) in [6.45, 7) is 3.52. The molecule has 2 aliphatic rings. The molecule has 0 aliphatic heterocycles. The van der Waals surface area contributed by atoms with Gasteiger partial charge < -0.3 is 5.32 Å². The third kappa shape index (κ3) is 4.80. The van der Waals surface area contributed by atoms with Gasteiger partial charge in [0, 0.05) is 19.1 Å². The van der Waals surface area contributed by atoms with Crippen molar-refractivity contribution in [3.63, 3.8) is 0 Å². The van der Waals surface area contributed by atoms with Crippen LogP contribution in [0.3, 0.4) is 0 Å². The predicted octanol–water partition coefficient (Wildman–Crippen LogP) is 2.16. The predicted molar refractivity (Wildman–Crippen MR) is 84.3 cm³/mol. The van der Waals surface area contributed by atoms with Crippen molar-refractivity contribution in [2.45, 2.75) is 50.9 Å². The fourth-order valence-corrected chi connectivity index (χ4v) is 3.61. The largest absolute Gasteiger partial charge is 0.310 e. The van der Waals surface area contributed by atoms with Gasteiger partial charge in [0.2, 0.25) is 10.0 Å². The lowest BCUT2D eigenvalue weighted by Gasteiger charge is -2.11. The molecule has 1 aromatic carbocycles. The van der Waals surface area contributed by atoms with Gasteiger partial charge in [-0.3, -0.25) is 0 Å². The topological polar surface area (TPSA) is 58.2 Å². The maximum atomic E-state index is 12.1. The highest BCUT2D eigenvalue weighted by molar-refractivity contribution is 7.88. The smallest absolute Gasteiger partial charge is 0.215 e. The van der Waals surface area contributed by atoms with Crippen LogP contribution in [0.1, 0.15) is 43.7 Å². The number of hydrogen-bond acceptors (Lipinski definition) is 3. The molecule has 0 spiro atoms. The van der Waals surface area contributed by atoms with Crippen molar-refractivity contribution in [1.29, 1.82) is 0 Å². The molecule has 0 unspecified atom stereocenters. The third-order valence-corrected chi connectivity index (χ3v) is 5.64. The first-order chi connectivity index (χ1) is 9.94. The molecule has 2 fully saturated rings. The normalized spacial score (nSPS) is 20.4. The third-order valence-electron chi connectivity index (χ3n) is 4.34. The van der Waals surface area contributed by atoms with E-state index in [-0.39, 0.29) is 11.2 Å². The summed E-state index contributed by atoms with van der Waals surface area (Å²) in [6.07, 6.45) is 4.77. The molecule has 1 aromatic rings. The van der Waals surface area contributed by atoms with Gasteiger partial charge >= 0.3 is 0 Å². The van der Waals surface area contributed by atoms with E-state index in [0.29, 0.717) is 12.6 Å². The first-order valence-corrected chi connectivity index (χ1v) is 9.38. The number of hydrogen-bond donors (Lipinski definition) is 2.